The third-order valence-corrected chi connectivity index (χ3v) is 2.57. The number of carbonyl (C=O) groups is 2. The Bertz CT molecular complexity index is 447. The number of nitrogens with zero attached hydrogens (tertiary/aromatic N) is 2. The average molecular weight is 265 g/mol. The molecule has 0 spiro atoms. The molecule has 0 fully saturated rings. The number of aromatic nitrogens is 1. The number of rotatable bonds is 7. The lowest BCUT2D eigenvalue weighted by molar-refractivity contribution is 0.0690. The average Bonchev–Trinajstić information content (AvgIpc) is 2.37. The molecular formula is C13H19N3O3. The number of carbonyl (C=O) groups excluding carboxylic acids is 1. The Hall–Kier alpha value is -1.95. The molecule has 0 aromatic carbocycles. The van der Waals surface area contributed by atoms with Crippen molar-refractivity contribution in [3.63, 3.8) is 0 Å². The molecule has 0 unspecified atom stereocenters. The summed E-state index contributed by atoms with van der Waals surface area (Å²) in [5.74, 6) is -1.59. The van der Waals surface area contributed by atoms with Gasteiger partial charge in [0, 0.05) is 12.7 Å². The van der Waals surface area contributed by atoms with E-state index in [4.69, 9.17) is 5.11 Å². The van der Waals surface area contributed by atoms with Gasteiger partial charge in [0.25, 0.3) is 5.91 Å². The van der Waals surface area contributed by atoms with Crippen LogP contribution in [0.2, 0.25) is 0 Å². The Kier molecular flexibility index (Phi) is 5.95. The van der Waals surface area contributed by atoms with Crippen molar-refractivity contribution in [2.45, 2.75) is 12.8 Å². The second-order valence-corrected chi connectivity index (χ2v) is 4.47. The van der Waals surface area contributed by atoms with Crippen LogP contribution in [0.3, 0.4) is 0 Å². The van der Waals surface area contributed by atoms with Crippen molar-refractivity contribution in [3.05, 3.63) is 29.6 Å². The van der Waals surface area contributed by atoms with Gasteiger partial charge in [-0.15, -0.1) is 0 Å². The largest absolute Gasteiger partial charge is 0.478 e. The summed E-state index contributed by atoms with van der Waals surface area (Å²) in [5.41, 5.74) is -0.115. The maximum atomic E-state index is 11.8. The predicted octanol–water partition coefficient (Wildman–Crippen LogP) is 0.851. The van der Waals surface area contributed by atoms with Crippen LogP contribution in [0.1, 0.15) is 33.7 Å². The van der Waals surface area contributed by atoms with E-state index < -0.39 is 11.9 Å². The molecule has 1 amide bonds. The molecule has 0 aliphatic heterocycles. The van der Waals surface area contributed by atoms with Crippen molar-refractivity contribution in [1.29, 1.82) is 0 Å². The molecule has 0 atom stereocenters. The maximum absolute atomic E-state index is 11.8. The number of carboxylic acids is 1. The Labute approximate surface area is 112 Å². The summed E-state index contributed by atoms with van der Waals surface area (Å²) in [5, 5.41) is 11.6. The highest BCUT2D eigenvalue weighted by Crippen LogP contribution is 2.05. The summed E-state index contributed by atoms with van der Waals surface area (Å²) < 4.78 is 0. The molecular weight excluding hydrogens is 246 g/mol. The number of aromatic carboxylic acids is 1. The van der Waals surface area contributed by atoms with E-state index >= 15 is 0 Å². The molecule has 1 aromatic rings. The maximum Gasteiger partial charge on any atom is 0.338 e. The summed E-state index contributed by atoms with van der Waals surface area (Å²) in [6, 6.07) is 2.87. The molecule has 1 aromatic heterocycles. The Morgan fingerprint density at radius 2 is 2.11 bits per heavy atom. The van der Waals surface area contributed by atoms with Gasteiger partial charge in [0.2, 0.25) is 0 Å². The fourth-order valence-electron chi connectivity index (χ4n) is 1.60. The van der Waals surface area contributed by atoms with Crippen LogP contribution in [0.25, 0.3) is 0 Å². The highest BCUT2D eigenvalue weighted by atomic mass is 16.4. The first kappa shape index (κ1) is 15.1. The van der Waals surface area contributed by atoms with Gasteiger partial charge >= 0.3 is 5.97 Å². The number of pyridine rings is 1. The van der Waals surface area contributed by atoms with E-state index in [1.165, 1.54) is 18.3 Å². The Morgan fingerprint density at radius 3 is 2.74 bits per heavy atom. The van der Waals surface area contributed by atoms with E-state index in [1.807, 2.05) is 14.1 Å². The van der Waals surface area contributed by atoms with Crippen molar-refractivity contribution in [1.82, 2.24) is 15.2 Å². The van der Waals surface area contributed by atoms with Crippen LogP contribution in [0, 0.1) is 0 Å². The topological polar surface area (TPSA) is 82.5 Å². The zero-order valence-corrected chi connectivity index (χ0v) is 11.2. The Morgan fingerprint density at radius 1 is 1.37 bits per heavy atom. The van der Waals surface area contributed by atoms with Crippen molar-refractivity contribution >= 4 is 11.9 Å². The first-order valence-corrected chi connectivity index (χ1v) is 6.13. The van der Waals surface area contributed by atoms with Gasteiger partial charge in [0.15, 0.2) is 0 Å². The standard InChI is InChI=1S/C13H19N3O3/c1-16(2)9-4-3-7-15-12(17)11-10(13(18)19)6-5-8-14-11/h5-6,8H,3-4,7,9H2,1-2H3,(H,15,17)(H,18,19). The number of unbranched alkanes of at least 4 members (excludes halogenated alkanes) is 1. The Balaban J connectivity index is 2.48. The second-order valence-electron chi connectivity index (χ2n) is 4.47. The van der Waals surface area contributed by atoms with Crippen molar-refractivity contribution < 1.29 is 14.7 Å². The highest BCUT2D eigenvalue weighted by Gasteiger charge is 2.16. The summed E-state index contributed by atoms with van der Waals surface area (Å²) in [6.45, 7) is 1.47. The number of amides is 1. The first-order valence-electron chi connectivity index (χ1n) is 6.13. The van der Waals surface area contributed by atoms with Crippen LogP contribution in [0.4, 0.5) is 0 Å². The number of hydrogen-bond acceptors (Lipinski definition) is 4. The molecule has 1 rings (SSSR count). The van der Waals surface area contributed by atoms with E-state index in [1.54, 1.807) is 0 Å². The molecule has 19 heavy (non-hydrogen) atoms. The minimum atomic E-state index is -1.15. The van der Waals surface area contributed by atoms with Gasteiger partial charge in [-0.2, -0.15) is 0 Å². The lowest BCUT2D eigenvalue weighted by Crippen LogP contribution is -2.28. The van der Waals surface area contributed by atoms with Crippen LogP contribution in [-0.4, -0.2) is 54.1 Å². The molecule has 6 nitrogen and oxygen atoms in total. The highest BCUT2D eigenvalue weighted by molar-refractivity contribution is 6.03. The predicted molar refractivity (Wildman–Crippen MR) is 71.3 cm³/mol. The molecule has 2 N–H and O–H groups in total. The van der Waals surface area contributed by atoms with Gasteiger partial charge in [-0.25, -0.2) is 4.79 Å². The molecule has 0 radical (unpaired) electrons. The van der Waals surface area contributed by atoms with Crippen LogP contribution >= 0.6 is 0 Å². The normalized spacial score (nSPS) is 10.5. The lowest BCUT2D eigenvalue weighted by atomic mass is 10.2. The molecule has 0 saturated carbocycles. The third kappa shape index (κ3) is 5.05. The fourth-order valence-corrected chi connectivity index (χ4v) is 1.60. The lowest BCUT2D eigenvalue weighted by Gasteiger charge is -2.09. The summed E-state index contributed by atoms with van der Waals surface area (Å²) in [4.78, 5) is 28.7. The van der Waals surface area contributed by atoms with Crippen LogP contribution < -0.4 is 5.32 Å². The number of nitrogens with one attached hydrogen (secondary N) is 1. The van der Waals surface area contributed by atoms with Crippen molar-refractivity contribution in [3.8, 4) is 0 Å². The summed E-state index contributed by atoms with van der Waals surface area (Å²) in [7, 11) is 3.98. The molecule has 104 valence electrons. The molecule has 0 saturated heterocycles. The van der Waals surface area contributed by atoms with Crippen LogP contribution in [0.5, 0.6) is 0 Å². The van der Waals surface area contributed by atoms with E-state index in [2.05, 4.69) is 15.2 Å². The van der Waals surface area contributed by atoms with Gasteiger partial charge in [-0.05, 0) is 45.6 Å². The quantitative estimate of drug-likeness (QED) is 0.714. The second kappa shape index (κ2) is 7.48. The summed E-state index contributed by atoms with van der Waals surface area (Å²) in [6.07, 6.45) is 3.23. The monoisotopic (exact) mass is 265 g/mol. The smallest absolute Gasteiger partial charge is 0.338 e. The zero-order valence-electron chi connectivity index (χ0n) is 11.2. The number of hydrogen-bond donors (Lipinski definition) is 2. The molecule has 6 heteroatoms. The SMILES string of the molecule is CN(C)CCCCNC(=O)c1ncccc1C(=O)O. The van der Waals surface area contributed by atoms with Crippen LogP contribution in [-0.2, 0) is 0 Å². The van der Waals surface area contributed by atoms with Gasteiger partial charge in [0.05, 0.1) is 5.56 Å². The molecule has 0 aliphatic rings. The molecule has 1 heterocycles. The van der Waals surface area contributed by atoms with Gasteiger partial charge in [0.1, 0.15) is 5.69 Å². The third-order valence-electron chi connectivity index (χ3n) is 2.57. The molecule has 0 bridgehead atoms. The van der Waals surface area contributed by atoms with Crippen molar-refractivity contribution in [2.75, 3.05) is 27.2 Å². The number of carboxylic acid groups (broad SMARTS) is 1. The summed E-state index contributed by atoms with van der Waals surface area (Å²) >= 11 is 0. The minimum absolute atomic E-state index is 0.0393. The zero-order chi connectivity index (χ0) is 14.3. The van der Waals surface area contributed by atoms with Gasteiger partial charge in [-0.3, -0.25) is 9.78 Å². The van der Waals surface area contributed by atoms with Gasteiger partial charge in [-0.1, -0.05) is 0 Å². The van der Waals surface area contributed by atoms with E-state index in [9.17, 15) is 9.59 Å². The van der Waals surface area contributed by atoms with E-state index in [0.717, 1.165) is 19.4 Å². The van der Waals surface area contributed by atoms with E-state index in [0.29, 0.717) is 6.54 Å². The van der Waals surface area contributed by atoms with E-state index in [-0.39, 0.29) is 11.3 Å². The van der Waals surface area contributed by atoms with Gasteiger partial charge < -0.3 is 15.3 Å². The molecule has 0 aliphatic carbocycles. The minimum Gasteiger partial charge on any atom is -0.478 e. The first-order chi connectivity index (χ1) is 9.02. The fraction of sp³-hybridized carbons (Fsp3) is 0.462. The van der Waals surface area contributed by atoms with Crippen LogP contribution in [0.15, 0.2) is 18.3 Å². The van der Waals surface area contributed by atoms with Crippen molar-refractivity contribution in [2.24, 2.45) is 0 Å².